The first kappa shape index (κ1) is 17.7. The fourth-order valence-electron chi connectivity index (χ4n) is 1.43. The molecule has 0 unspecified atom stereocenters. The van der Waals surface area contributed by atoms with Gasteiger partial charge in [-0.3, -0.25) is 4.79 Å². The van der Waals surface area contributed by atoms with E-state index < -0.39 is 50.0 Å². The smallest absolute Gasteiger partial charge is 0.333 e. The number of hydrogen-bond acceptors (Lipinski definition) is 3. The van der Waals surface area contributed by atoms with Crippen molar-refractivity contribution < 1.29 is 30.8 Å². The Bertz CT molecular complexity index is 676. The molecule has 21 heavy (non-hydrogen) atoms. The zero-order chi connectivity index (χ0) is 16.6. The first-order valence-corrected chi connectivity index (χ1v) is 7.09. The van der Waals surface area contributed by atoms with Gasteiger partial charge in [-0.2, -0.15) is 13.2 Å². The summed E-state index contributed by atoms with van der Waals surface area (Å²) in [6, 6.07) is 1.09. The lowest BCUT2D eigenvalue weighted by Gasteiger charge is -2.20. The lowest BCUT2D eigenvalue weighted by atomic mass is 10.2. The molecule has 0 heterocycles. The maximum Gasteiger partial charge on any atom is 0.406 e. The molecule has 118 valence electrons. The van der Waals surface area contributed by atoms with Gasteiger partial charge in [0.1, 0.15) is 12.4 Å². The normalized spacial score (nSPS) is 12.3. The molecular weight excluding hydrogens is 340 g/mol. The SMILES string of the molecule is CN(CC(F)(F)F)C(=O)c1cc(S(N)(=O)=O)cc(F)c1Cl. The van der Waals surface area contributed by atoms with Gasteiger partial charge < -0.3 is 4.90 Å². The fraction of sp³-hybridized carbons (Fsp3) is 0.300. The van der Waals surface area contributed by atoms with Crippen molar-refractivity contribution in [1.82, 2.24) is 4.90 Å². The standard InChI is InChI=1S/C10H9ClF4N2O3S/c1-17(4-10(13,14)15)9(18)6-2-5(21(16,19)20)3-7(12)8(6)11/h2-3H,4H2,1H3,(H2,16,19,20). The van der Waals surface area contributed by atoms with E-state index in [1.54, 1.807) is 0 Å². The summed E-state index contributed by atoms with van der Waals surface area (Å²) in [5.74, 6) is -2.58. The predicted molar refractivity (Wildman–Crippen MR) is 65.8 cm³/mol. The molecule has 0 saturated heterocycles. The second-order valence-electron chi connectivity index (χ2n) is 4.09. The van der Waals surface area contributed by atoms with E-state index in [9.17, 15) is 30.8 Å². The number of alkyl halides is 3. The Labute approximate surface area is 122 Å². The molecule has 0 fully saturated rings. The van der Waals surface area contributed by atoms with Crippen LogP contribution in [0.2, 0.25) is 5.02 Å². The maximum absolute atomic E-state index is 13.5. The molecule has 0 atom stereocenters. The van der Waals surface area contributed by atoms with Gasteiger partial charge in [-0.25, -0.2) is 17.9 Å². The molecule has 0 aliphatic carbocycles. The van der Waals surface area contributed by atoms with E-state index >= 15 is 0 Å². The Morgan fingerprint density at radius 2 is 1.90 bits per heavy atom. The molecule has 0 bridgehead atoms. The third kappa shape index (κ3) is 4.55. The molecule has 0 radical (unpaired) electrons. The van der Waals surface area contributed by atoms with Gasteiger partial charge in [0.05, 0.1) is 15.5 Å². The van der Waals surface area contributed by atoms with E-state index in [4.69, 9.17) is 16.7 Å². The minimum absolute atomic E-state index is 0.230. The van der Waals surface area contributed by atoms with E-state index in [0.29, 0.717) is 12.1 Å². The number of sulfonamides is 1. The number of amides is 1. The molecule has 2 N–H and O–H groups in total. The second-order valence-corrected chi connectivity index (χ2v) is 6.03. The van der Waals surface area contributed by atoms with E-state index in [-0.39, 0.29) is 4.90 Å². The van der Waals surface area contributed by atoms with E-state index in [2.05, 4.69) is 0 Å². The molecule has 11 heteroatoms. The van der Waals surface area contributed by atoms with Gasteiger partial charge in [-0.15, -0.1) is 0 Å². The van der Waals surface area contributed by atoms with Crippen molar-refractivity contribution in [2.24, 2.45) is 5.14 Å². The van der Waals surface area contributed by atoms with Crippen molar-refractivity contribution in [1.29, 1.82) is 0 Å². The molecular formula is C10H9ClF4N2O3S. The molecule has 1 aromatic rings. The molecule has 0 saturated carbocycles. The number of hydrogen-bond donors (Lipinski definition) is 1. The van der Waals surface area contributed by atoms with Crippen LogP contribution >= 0.6 is 11.6 Å². The first-order valence-electron chi connectivity index (χ1n) is 5.17. The highest BCUT2D eigenvalue weighted by Gasteiger charge is 2.32. The van der Waals surface area contributed by atoms with Gasteiger partial charge in [0.15, 0.2) is 0 Å². The number of rotatable bonds is 3. The van der Waals surface area contributed by atoms with Crippen LogP contribution in [-0.2, 0) is 10.0 Å². The Kier molecular flexibility index (Phi) is 4.86. The summed E-state index contributed by atoms with van der Waals surface area (Å²) in [5.41, 5.74) is -0.729. The average Bonchev–Trinajstić information content (AvgIpc) is 2.27. The number of halogens is 5. The highest BCUT2D eigenvalue weighted by molar-refractivity contribution is 7.89. The summed E-state index contributed by atoms with van der Waals surface area (Å²) in [7, 11) is -3.54. The zero-order valence-corrected chi connectivity index (χ0v) is 12.0. The van der Waals surface area contributed by atoms with Gasteiger partial charge in [0, 0.05) is 7.05 Å². The van der Waals surface area contributed by atoms with Crippen molar-refractivity contribution >= 4 is 27.5 Å². The van der Waals surface area contributed by atoms with Crippen LogP contribution in [0.3, 0.4) is 0 Å². The second kappa shape index (κ2) is 5.78. The number of nitrogens with two attached hydrogens (primary N) is 1. The van der Waals surface area contributed by atoms with Crippen LogP contribution in [-0.4, -0.2) is 39.0 Å². The molecule has 0 aromatic heterocycles. The van der Waals surface area contributed by atoms with Gasteiger partial charge in [-0.1, -0.05) is 11.6 Å². The monoisotopic (exact) mass is 348 g/mol. The topological polar surface area (TPSA) is 80.5 Å². The van der Waals surface area contributed by atoms with Crippen LogP contribution in [0.1, 0.15) is 10.4 Å². The van der Waals surface area contributed by atoms with Crippen LogP contribution in [0.4, 0.5) is 17.6 Å². The highest BCUT2D eigenvalue weighted by atomic mass is 35.5. The number of primary sulfonamides is 1. The van der Waals surface area contributed by atoms with Crippen molar-refractivity contribution in [3.8, 4) is 0 Å². The van der Waals surface area contributed by atoms with Gasteiger partial charge in [-0.05, 0) is 12.1 Å². The Morgan fingerprint density at radius 3 is 2.33 bits per heavy atom. The summed E-state index contributed by atoms with van der Waals surface area (Å²) in [6.45, 7) is -1.61. The van der Waals surface area contributed by atoms with Crippen LogP contribution < -0.4 is 5.14 Å². The predicted octanol–water partition coefficient (Wildman–Crippen LogP) is 1.76. The highest BCUT2D eigenvalue weighted by Crippen LogP contribution is 2.26. The fourth-order valence-corrected chi connectivity index (χ4v) is 2.17. The van der Waals surface area contributed by atoms with Crippen LogP contribution in [0, 0.1) is 5.82 Å². The Morgan fingerprint density at radius 1 is 1.38 bits per heavy atom. The van der Waals surface area contributed by atoms with Gasteiger partial charge >= 0.3 is 6.18 Å². The van der Waals surface area contributed by atoms with E-state index in [1.807, 2.05) is 0 Å². The van der Waals surface area contributed by atoms with Crippen LogP contribution in [0.15, 0.2) is 17.0 Å². The quantitative estimate of drug-likeness (QED) is 0.845. The number of carbonyl (C=O) groups is 1. The van der Waals surface area contributed by atoms with Gasteiger partial charge in [0.25, 0.3) is 5.91 Å². The molecule has 0 aliphatic heterocycles. The van der Waals surface area contributed by atoms with Crippen molar-refractivity contribution in [2.75, 3.05) is 13.6 Å². The van der Waals surface area contributed by atoms with Crippen LogP contribution in [0.25, 0.3) is 0 Å². The van der Waals surface area contributed by atoms with Crippen molar-refractivity contribution in [2.45, 2.75) is 11.1 Å². The summed E-state index contributed by atoms with van der Waals surface area (Å²) in [5, 5.41) is 3.99. The van der Waals surface area contributed by atoms with E-state index in [0.717, 1.165) is 7.05 Å². The molecule has 5 nitrogen and oxygen atoms in total. The first-order chi connectivity index (χ1) is 9.33. The van der Waals surface area contributed by atoms with Crippen molar-refractivity contribution in [3.63, 3.8) is 0 Å². The number of carbonyl (C=O) groups excluding carboxylic acids is 1. The summed E-state index contributed by atoms with van der Waals surface area (Å²) < 4.78 is 72.4. The molecule has 0 spiro atoms. The molecule has 1 amide bonds. The van der Waals surface area contributed by atoms with Crippen LogP contribution in [0.5, 0.6) is 0 Å². The zero-order valence-electron chi connectivity index (χ0n) is 10.4. The van der Waals surface area contributed by atoms with Gasteiger partial charge in [0.2, 0.25) is 10.0 Å². The maximum atomic E-state index is 13.5. The largest absolute Gasteiger partial charge is 0.406 e. The summed E-state index contributed by atoms with van der Waals surface area (Å²) >= 11 is 5.49. The van der Waals surface area contributed by atoms with Crippen molar-refractivity contribution in [3.05, 3.63) is 28.5 Å². The Hall–Kier alpha value is -1.39. The lowest BCUT2D eigenvalue weighted by molar-refractivity contribution is -0.138. The number of benzene rings is 1. The molecule has 1 rings (SSSR count). The third-order valence-electron chi connectivity index (χ3n) is 2.32. The average molecular weight is 349 g/mol. The summed E-state index contributed by atoms with van der Waals surface area (Å²) in [4.78, 5) is 11.3. The lowest BCUT2D eigenvalue weighted by Crippen LogP contribution is -2.36. The minimum Gasteiger partial charge on any atom is -0.333 e. The Balaban J connectivity index is 3.30. The third-order valence-corrected chi connectivity index (χ3v) is 3.60. The molecule has 1 aromatic carbocycles. The number of nitrogens with zero attached hydrogens (tertiary/aromatic N) is 1. The summed E-state index contributed by atoms with van der Waals surface area (Å²) in [6.07, 6.45) is -4.67. The minimum atomic E-state index is -4.67. The van der Waals surface area contributed by atoms with E-state index in [1.165, 1.54) is 0 Å². The molecule has 0 aliphatic rings.